The molecule has 1 amide bonds. The number of piperidine rings is 1. The molecule has 1 saturated heterocycles. The van der Waals surface area contributed by atoms with Crippen LogP contribution in [0.5, 0.6) is 0 Å². The Morgan fingerprint density at radius 1 is 1.29 bits per heavy atom. The standard InChI is InChI=1S/C17H25FN2O3S/c1-17(2,3)12-19-16(21)13-5-4-10-20(11-13)24(22,23)15-8-6-14(18)7-9-15/h6-9,13H,4-5,10-12H2,1-3H3,(H,19,21)/t13-/m0/s1. The summed E-state index contributed by atoms with van der Waals surface area (Å²) >= 11 is 0. The largest absolute Gasteiger partial charge is 0.355 e. The number of carbonyl (C=O) groups excluding carboxylic acids is 1. The van der Waals surface area contributed by atoms with E-state index in [0.717, 1.165) is 12.1 Å². The molecule has 0 radical (unpaired) electrons. The van der Waals surface area contributed by atoms with Crippen LogP contribution in [-0.4, -0.2) is 38.3 Å². The van der Waals surface area contributed by atoms with Crippen molar-refractivity contribution in [2.45, 2.75) is 38.5 Å². The van der Waals surface area contributed by atoms with Gasteiger partial charge in [-0.2, -0.15) is 4.31 Å². The van der Waals surface area contributed by atoms with Crippen LogP contribution in [-0.2, 0) is 14.8 Å². The Kier molecular flexibility index (Phi) is 5.65. The monoisotopic (exact) mass is 356 g/mol. The third-order valence-corrected chi connectivity index (χ3v) is 5.88. The van der Waals surface area contributed by atoms with Crippen LogP contribution >= 0.6 is 0 Å². The van der Waals surface area contributed by atoms with Crippen molar-refractivity contribution >= 4 is 15.9 Å². The SMILES string of the molecule is CC(C)(C)CNC(=O)[C@H]1CCCN(S(=O)(=O)c2ccc(F)cc2)C1. The van der Waals surface area contributed by atoms with E-state index in [-0.39, 0.29) is 28.7 Å². The minimum Gasteiger partial charge on any atom is -0.355 e. The number of hydrogen-bond acceptors (Lipinski definition) is 3. The lowest BCUT2D eigenvalue weighted by atomic mass is 9.95. The summed E-state index contributed by atoms with van der Waals surface area (Å²) in [6, 6.07) is 4.77. The first-order valence-corrected chi connectivity index (χ1v) is 9.57. The van der Waals surface area contributed by atoms with Crippen LogP contribution in [0.1, 0.15) is 33.6 Å². The van der Waals surface area contributed by atoms with E-state index in [9.17, 15) is 17.6 Å². The highest BCUT2D eigenvalue weighted by Crippen LogP contribution is 2.24. The van der Waals surface area contributed by atoms with Gasteiger partial charge in [0.05, 0.1) is 10.8 Å². The van der Waals surface area contributed by atoms with Crippen molar-refractivity contribution in [3.05, 3.63) is 30.1 Å². The van der Waals surface area contributed by atoms with Crippen LogP contribution in [0.15, 0.2) is 29.2 Å². The molecular weight excluding hydrogens is 331 g/mol. The summed E-state index contributed by atoms with van der Waals surface area (Å²) < 4.78 is 39.6. The van der Waals surface area contributed by atoms with Crippen LogP contribution in [0.25, 0.3) is 0 Å². The molecule has 2 rings (SSSR count). The maximum atomic E-state index is 13.0. The maximum Gasteiger partial charge on any atom is 0.243 e. The van der Waals surface area contributed by atoms with Gasteiger partial charge in [-0.3, -0.25) is 4.79 Å². The molecule has 1 aromatic rings. The molecule has 134 valence electrons. The molecule has 0 aliphatic carbocycles. The molecular formula is C17H25FN2O3S. The minimum atomic E-state index is -3.70. The van der Waals surface area contributed by atoms with Gasteiger partial charge in [0.15, 0.2) is 0 Å². The Bertz CT molecular complexity index is 681. The van der Waals surface area contributed by atoms with Crippen molar-refractivity contribution in [3.63, 3.8) is 0 Å². The zero-order chi connectivity index (χ0) is 18.0. The summed E-state index contributed by atoms with van der Waals surface area (Å²) in [5.41, 5.74) is -0.0236. The first-order chi connectivity index (χ1) is 11.1. The van der Waals surface area contributed by atoms with Crippen molar-refractivity contribution in [3.8, 4) is 0 Å². The van der Waals surface area contributed by atoms with Crippen molar-refractivity contribution in [1.29, 1.82) is 0 Å². The third kappa shape index (κ3) is 4.77. The normalized spacial score (nSPS) is 19.9. The van der Waals surface area contributed by atoms with E-state index in [0.29, 0.717) is 25.9 Å². The summed E-state index contributed by atoms with van der Waals surface area (Å²) in [6.45, 7) is 7.17. The molecule has 0 unspecified atom stereocenters. The maximum absolute atomic E-state index is 13.0. The zero-order valence-corrected chi connectivity index (χ0v) is 15.2. The second-order valence-corrected chi connectivity index (χ2v) is 9.37. The first-order valence-electron chi connectivity index (χ1n) is 8.13. The van der Waals surface area contributed by atoms with Crippen LogP contribution in [0.3, 0.4) is 0 Å². The van der Waals surface area contributed by atoms with E-state index in [1.54, 1.807) is 0 Å². The summed E-state index contributed by atoms with van der Waals surface area (Å²) in [7, 11) is -3.70. The lowest BCUT2D eigenvalue weighted by Gasteiger charge is -2.32. The Labute approximate surface area is 143 Å². The number of rotatable bonds is 4. The summed E-state index contributed by atoms with van der Waals surface area (Å²) in [5, 5.41) is 2.90. The molecule has 1 fully saturated rings. The molecule has 1 aromatic carbocycles. The number of nitrogens with zero attached hydrogens (tertiary/aromatic N) is 1. The number of benzene rings is 1. The highest BCUT2D eigenvalue weighted by atomic mass is 32.2. The van der Waals surface area contributed by atoms with Gasteiger partial charge < -0.3 is 5.32 Å². The predicted octanol–water partition coefficient (Wildman–Crippen LogP) is 2.39. The molecule has 1 atom stereocenters. The van der Waals surface area contributed by atoms with Gasteiger partial charge >= 0.3 is 0 Å². The Morgan fingerprint density at radius 2 is 1.92 bits per heavy atom. The Hall–Kier alpha value is -1.47. The van der Waals surface area contributed by atoms with E-state index < -0.39 is 15.8 Å². The molecule has 1 aliphatic heterocycles. The van der Waals surface area contributed by atoms with E-state index in [4.69, 9.17) is 0 Å². The number of hydrogen-bond donors (Lipinski definition) is 1. The molecule has 7 heteroatoms. The third-order valence-electron chi connectivity index (χ3n) is 4.00. The molecule has 0 bridgehead atoms. The van der Waals surface area contributed by atoms with E-state index in [1.165, 1.54) is 16.4 Å². The zero-order valence-electron chi connectivity index (χ0n) is 14.4. The van der Waals surface area contributed by atoms with Crippen LogP contribution in [0, 0.1) is 17.2 Å². The average molecular weight is 356 g/mol. The second kappa shape index (κ2) is 7.19. The topological polar surface area (TPSA) is 66.5 Å². The first kappa shape index (κ1) is 18.9. The van der Waals surface area contributed by atoms with Gasteiger partial charge in [-0.15, -0.1) is 0 Å². The van der Waals surface area contributed by atoms with E-state index >= 15 is 0 Å². The number of carbonyl (C=O) groups is 1. The quantitative estimate of drug-likeness (QED) is 0.901. The highest BCUT2D eigenvalue weighted by Gasteiger charge is 2.33. The molecule has 1 aliphatic rings. The van der Waals surface area contributed by atoms with Gasteiger partial charge in [0.2, 0.25) is 15.9 Å². The van der Waals surface area contributed by atoms with Crippen molar-refractivity contribution in [1.82, 2.24) is 9.62 Å². The van der Waals surface area contributed by atoms with Gasteiger partial charge in [-0.05, 0) is 42.5 Å². The number of amides is 1. The van der Waals surface area contributed by atoms with Crippen LogP contribution in [0.4, 0.5) is 4.39 Å². The van der Waals surface area contributed by atoms with Crippen molar-refractivity contribution in [2.24, 2.45) is 11.3 Å². The Balaban J connectivity index is 2.07. The molecule has 5 nitrogen and oxygen atoms in total. The molecule has 0 spiro atoms. The number of halogens is 1. The molecule has 24 heavy (non-hydrogen) atoms. The number of sulfonamides is 1. The van der Waals surface area contributed by atoms with Gasteiger partial charge in [0.25, 0.3) is 0 Å². The Morgan fingerprint density at radius 3 is 2.50 bits per heavy atom. The lowest BCUT2D eigenvalue weighted by molar-refractivity contribution is -0.126. The average Bonchev–Trinajstić information content (AvgIpc) is 2.52. The van der Waals surface area contributed by atoms with Crippen molar-refractivity contribution < 1.29 is 17.6 Å². The van der Waals surface area contributed by atoms with Gasteiger partial charge in [-0.1, -0.05) is 20.8 Å². The summed E-state index contributed by atoms with van der Waals surface area (Å²) in [5.74, 6) is -0.938. The van der Waals surface area contributed by atoms with E-state index in [1.807, 2.05) is 20.8 Å². The molecule has 0 aromatic heterocycles. The molecule has 0 saturated carbocycles. The van der Waals surface area contributed by atoms with Crippen LogP contribution in [0.2, 0.25) is 0 Å². The highest BCUT2D eigenvalue weighted by molar-refractivity contribution is 7.89. The van der Waals surface area contributed by atoms with E-state index in [2.05, 4.69) is 5.32 Å². The van der Waals surface area contributed by atoms with Gasteiger partial charge in [0.1, 0.15) is 5.82 Å². The van der Waals surface area contributed by atoms with Crippen molar-refractivity contribution in [2.75, 3.05) is 19.6 Å². The van der Waals surface area contributed by atoms with Gasteiger partial charge in [0, 0.05) is 19.6 Å². The fraction of sp³-hybridized carbons (Fsp3) is 0.588. The fourth-order valence-electron chi connectivity index (χ4n) is 2.63. The minimum absolute atomic E-state index is 0.0236. The number of nitrogens with one attached hydrogen (secondary N) is 1. The molecule has 1 heterocycles. The molecule has 1 N–H and O–H groups in total. The summed E-state index contributed by atoms with van der Waals surface area (Å²) in [6.07, 6.45) is 1.31. The smallest absolute Gasteiger partial charge is 0.243 e. The lowest BCUT2D eigenvalue weighted by Crippen LogP contribution is -2.46. The summed E-state index contributed by atoms with van der Waals surface area (Å²) in [4.78, 5) is 12.4. The van der Waals surface area contributed by atoms with Gasteiger partial charge in [-0.25, -0.2) is 12.8 Å². The second-order valence-electron chi connectivity index (χ2n) is 7.43. The fourth-order valence-corrected chi connectivity index (χ4v) is 4.15. The predicted molar refractivity (Wildman–Crippen MR) is 90.3 cm³/mol. The van der Waals surface area contributed by atoms with Crippen LogP contribution < -0.4 is 5.32 Å².